The van der Waals surface area contributed by atoms with Crippen LogP contribution in [-0.4, -0.2) is 25.3 Å². The van der Waals surface area contributed by atoms with Crippen LogP contribution in [0, 0.1) is 5.92 Å². The third-order valence-corrected chi connectivity index (χ3v) is 4.56. The number of ether oxygens (including phenoxy) is 3. The van der Waals surface area contributed by atoms with Crippen molar-refractivity contribution in [1.29, 1.82) is 0 Å². The Morgan fingerprint density at radius 2 is 1.96 bits per heavy atom. The van der Waals surface area contributed by atoms with Crippen molar-refractivity contribution in [3.8, 4) is 11.5 Å². The second-order valence-electron chi connectivity index (χ2n) is 6.34. The first-order valence-electron chi connectivity index (χ1n) is 8.49. The van der Waals surface area contributed by atoms with Crippen LogP contribution >= 0.6 is 0 Å². The standard InChI is InChI=1S/C18H23NO5/c1-12(14-7-8-15-16(9-14)24-11-23-15)19-17(20)10-22-18(21)13-5-3-2-4-6-13/h7-9,12-13H,2-6,10-11H2,1H3,(H,19,20). The largest absolute Gasteiger partial charge is 0.455 e. The maximum absolute atomic E-state index is 12.0. The van der Waals surface area contributed by atoms with E-state index in [1.54, 1.807) is 0 Å². The quantitative estimate of drug-likeness (QED) is 0.839. The first-order valence-corrected chi connectivity index (χ1v) is 8.49. The van der Waals surface area contributed by atoms with Crippen molar-refractivity contribution < 1.29 is 23.8 Å². The van der Waals surface area contributed by atoms with Crippen LogP contribution in [0.4, 0.5) is 0 Å². The average Bonchev–Trinajstić information content (AvgIpc) is 3.08. The van der Waals surface area contributed by atoms with E-state index in [0.29, 0.717) is 11.5 Å². The van der Waals surface area contributed by atoms with Crippen LogP contribution in [0.5, 0.6) is 11.5 Å². The van der Waals surface area contributed by atoms with Crippen LogP contribution in [0.15, 0.2) is 18.2 Å². The van der Waals surface area contributed by atoms with E-state index in [4.69, 9.17) is 14.2 Å². The van der Waals surface area contributed by atoms with E-state index in [1.807, 2.05) is 25.1 Å². The molecule has 1 fully saturated rings. The zero-order valence-electron chi connectivity index (χ0n) is 13.9. The van der Waals surface area contributed by atoms with Crippen molar-refractivity contribution >= 4 is 11.9 Å². The highest BCUT2D eigenvalue weighted by atomic mass is 16.7. The van der Waals surface area contributed by atoms with Gasteiger partial charge in [-0.3, -0.25) is 9.59 Å². The Hall–Kier alpha value is -2.24. The Kier molecular flexibility index (Phi) is 5.23. The van der Waals surface area contributed by atoms with Gasteiger partial charge >= 0.3 is 5.97 Å². The van der Waals surface area contributed by atoms with Gasteiger partial charge in [0, 0.05) is 0 Å². The summed E-state index contributed by atoms with van der Waals surface area (Å²) >= 11 is 0. The molecule has 0 radical (unpaired) electrons. The minimum Gasteiger partial charge on any atom is -0.455 e. The molecule has 130 valence electrons. The van der Waals surface area contributed by atoms with Gasteiger partial charge in [0.2, 0.25) is 6.79 Å². The van der Waals surface area contributed by atoms with Crippen molar-refractivity contribution in [2.75, 3.05) is 13.4 Å². The lowest BCUT2D eigenvalue weighted by Crippen LogP contribution is -2.32. The maximum Gasteiger partial charge on any atom is 0.309 e. The molecule has 6 heteroatoms. The second-order valence-corrected chi connectivity index (χ2v) is 6.34. The number of hydrogen-bond donors (Lipinski definition) is 1. The Balaban J connectivity index is 1.46. The molecule has 0 bridgehead atoms. The van der Waals surface area contributed by atoms with Gasteiger partial charge in [0.25, 0.3) is 5.91 Å². The fourth-order valence-corrected chi connectivity index (χ4v) is 3.14. The van der Waals surface area contributed by atoms with Gasteiger partial charge in [0.05, 0.1) is 12.0 Å². The van der Waals surface area contributed by atoms with Crippen LogP contribution in [-0.2, 0) is 14.3 Å². The smallest absolute Gasteiger partial charge is 0.309 e. The Morgan fingerprint density at radius 1 is 1.21 bits per heavy atom. The average molecular weight is 333 g/mol. The summed E-state index contributed by atoms with van der Waals surface area (Å²) in [7, 11) is 0. The molecular weight excluding hydrogens is 310 g/mol. The summed E-state index contributed by atoms with van der Waals surface area (Å²) in [4.78, 5) is 24.0. The maximum atomic E-state index is 12.0. The molecule has 0 aromatic heterocycles. The van der Waals surface area contributed by atoms with E-state index in [9.17, 15) is 9.59 Å². The minimum atomic E-state index is -0.302. The van der Waals surface area contributed by atoms with E-state index in [1.165, 1.54) is 6.42 Å². The van der Waals surface area contributed by atoms with Gasteiger partial charge in [0.15, 0.2) is 18.1 Å². The van der Waals surface area contributed by atoms with Crippen molar-refractivity contribution in [3.63, 3.8) is 0 Å². The number of rotatable bonds is 5. The summed E-state index contributed by atoms with van der Waals surface area (Å²) in [6.07, 6.45) is 5.04. The molecule has 1 amide bonds. The van der Waals surface area contributed by atoms with Gasteiger partial charge in [-0.2, -0.15) is 0 Å². The Bertz CT molecular complexity index is 609. The van der Waals surface area contributed by atoms with Crippen LogP contribution in [0.1, 0.15) is 50.6 Å². The van der Waals surface area contributed by atoms with E-state index in [2.05, 4.69) is 5.32 Å². The zero-order valence-corrected chi connectivity index (χ0v) is 13.9. The topological polar surface area (TPSA) is 73.9 Å². The number of hydrogen-bond acceptors (Lipinski definition) is 5. The van der Waals surface area contributed by atoms with Gasteiger partial charge in [0.1, 0.15) is 0 Å². The van der Waals surface area contributed by atoms with Gasteiger partial charge in [-0.05, 0) is 37.5 Å². The van der Waals surface area contributed by atoms with Gasteiger partial charge in [-0.25, -0.2) is 0 Å². The lowest BCUT2D eigenvalue weighted by Gasteiger charge is -2.20. The number of nitrogens with one attached hydrogen (secondary N) is 1. The molecule has 1 N–H and O–H groups in total. The molecule has 1 aliphatic heterocycles. The summed E-state index contributed by atoms with van der Waals surface area (Å²) in [5.41, 5.74) is 0.909. The van der Waals surface area contributed by atoms with E-state index >= 15 is 0 Å². The van der Waals surface area contributed by atoms with Crippen LogP contribution < -0.4 is 14.8 Å². The summed E-state index contributed by atoms with van der Waals surface area (Å²) < 4.78 is 15.8. The number of esters is 1. The number of benzene rings is 1. The molecule has 1 saturated carbocycles. The molecule has 24 heavy (non-hydrogen) atoms. The summed E-state index contributed by atoms with van der Waals surface area (Å²) in [5.74, 6) is 0.791. The monoisotopic (exact) mass is 333 g/mol. The van der Waals surface area contributed by atoms with E-state index < -0.39 is 0 Å². The fraction of sp³-hybridized carbons (Fsp3) is 0.556. The molecule has 1 atom stereocenters. The fourth-order valence-electron chi connectivity index (χ4n) is 3.14. The molecule has 6 nitrogen and oxygen atoms in total. The van der Waals surface area contributed by atoms with Crippen molar-refractivity contribution in [3.05, 3.63) is 23.8 Å². The molecule has 2 aliphatic rings. The lowest BCUT2D eigenvalue weighted by atomic mass is 9.89. The molecule has 1 unspecified atom stereocenters. The minimum absolute atomic E-state index is 0.0437. The molecule has 1 aromatic carbocycles. The molecule has 1 heterocycles. The summed E-state index contributed by atoms with van der Waals surface area (Å²) in [6, 6.07) is 5.34. The highest BCUT2D eigenvalue weighted by molar-refractivity contribution is 5.81. The first kappa shape index (κ1) is 16.6. The van der Waals surface area contributed by atoms with Gasteiger partial charge in [-0.15, -0.1) is 0 Å². The predicted octanol–water partition coefficient (Wildman–Crippen LogP) is 2.72. The first-order chi connectivity index (χ1) is 11.6. The number of amides is 1. The SMILES string of the molecule is CC(NC(=O)COC(=O)C1CCCCC1)c1ccc2c(c1)OCO2. The number of carbonyl (C=O) groups excluding carboxylic acids is 2. The third-order valence-electron chi connectivity index (χ3n) is 4.56. The lowest BCUT2D eigenvalue weighted by molar-refractivity contribution is -0.153. The molecule has 1 aromatic rings. The summed E-state index contributed by atoms with van der Waals surface area (Å²) in [5, 5.41) is 2.83. The molecule has 0 saturated heterocycles. The molecule has 3 rings (SSSR count). The highest BCUT2D eigenvalue weighted by Crippen LogP contribution is 2.34. The summed E-state index contributed by atoms with van der Waals surface area (Å²) in [6.45, 7) is 1.86. The normalized spacial score (nSPS) is 18.0. The van der Waals surface area contributed by atoms with Crippen molar-refractivity contribution in [1.82, 2.24) is 5.32 Å². The highest BCUT2D eigenvalue weighted by Gasteiger charge is 2.23. The van der Waals surface area contributed by atoms with Crippen LogP contribution in [0.2, 0.25) is 0 Å². The van der Waals surface area contributed by atoms with Crippen LogP contribution in [0.25, 0.3) is 0 Å². The molecule has 0 spiro atoms. The molecular formula is C18H23NO5. The zero-order chi connectivity index (χ0) is 16.9. The van der Waals surface area contributed by atoms with E-state index in [0.717, 1.165) is 31.2 Å². The van der Waals surface area contributed by atoms with Gasteiger partial charge in [-0.1, -0.05) is 25.3 Å². The third kappa shape index (κ3) is 3.99. The predicted molar refractivity (Wildman–Crippen MR) is 86.7 cm³/mol. The van der Waals surface area contributed by atoms with E-state index in [-0.39, 0.29) is 37.2 Å². The van der Waals surface area contributed by atoms with Crippen LogP contribution in [0.3, 0.4) is 0 Å². The second kappa shape index (κ2) is 7.55. The Morgan fingerprint density at radius 3 is 2.75 bits per heavy atom. The molecule has 1 aliphatic carbocycles. The van der Waals surface area contributed by atoms with Crippen molar-refractivity contribution in [2.45, 2.75) is 45.1 Å². The van der Waals surface area contributed by atoms with Crippen molar-refractivity contribution in [2.24, 2.45) is 5.92 Å². The van der Waals surface area contributed by atoms with Gasteiger partial charge < -0.3 is 19.5 Å². The number of fused-ring (bicyclic) bond motifs is 1. The Labute approximate surface area is 141 Å². The number of carbonyl (C=O) groups is 2.